The van der Waals surface area contributed by atoms with E-state index in [-0.39, 0.29) is 21.2 Å². The molecular weight excluding hydrogens is 232 g/mol. The molecule has 6 heteroatoms. The molecule has 0 aliphatic carbocycles. The lowest BCUT2D eigenvalue weighted by atomic mass is 10.1. The zero-order valence-electron chi connectivity index (χ0n) is 12.9. The fourth-order valence-corrected chi connectivity index (χ4v) is 1.04. The van der Waals surface area contributed by atoms with Crippen LogP contribution in [0.15, 0.2) is 29.4 Å². The molecule has 86 valence electrons. The summed E-state index contributed by atoms with van der Waals surface area (Å²) in [6.07, 6.45) is -1.92. The minimum atomic E-state index is -3.17. The molecule has 1 aromatic rings. The highest BCUT2D eigenvalue weighted by atomic mass is 35.5. The Morgan fingerprint density at radius 3 is 2.69 bits per heavy atom. The van der Waals surface area contributed by atoms with E-state index in [0.717, 1.165) is 12.1 Å². The van der Waals surface area contributed by atoms with Gasteiger partial charge in [0, 0.05) is 23.1 Å². The van der Waals surface area contributed by atoms with Crippen LogP contribution in [0.1, 0.15) is 18.0 Å². The average molecular weight is 248 g/mol. The number of halogens is 1. The third-order valence-electron chi connectivity index (χ3n) is 1.64. The molecule has 0 atom stereocenters. The van der Waals surface area contributed by atoms with Gasteiger partial charge < -0.3 is 15.2 Å². The standard InChI is InChI=1S/C10H11ClN2O3/c1-13(10(14)15)6-7-2-4-8(5-3-7)9(11)12-16/h2-5,16H,6H2,1H3,(H,14,15)/i1D3,6D2. The zero-order valence-corrected chi connectivity index (χ0v) is 8.64. The van der Waals surface area contributed by atoms with Crippen molar-refractivity contribution in [3.8, 4) is 0 Å². The van der Waals surface area contributed by atoms with Gasteiger partial charge in [0.15, 0.2) is 5.17 Å². The van der Waals surface area contributed by atoms with Gasteiger partial charge in [0.05, 0.1) is 2.74 Å². The summed E-state index contributed by atoms with van der Waals surface area (Å²) in [6, 6.07) is 4.86. The van der Waals surface area contributed by atoms with Gasteiger partial charge in [0.25, 0.3) is 0 Å². The van der Waals surface area contributed by atoms with Crippen LogP contribution >= 0.6 is 11.6 Å². The minimum Gasteiger partial charge on any atom is -0.465 e. The van der Waals surface area contributed by atoms with Gasteiger partial charge in [0.2, 0.25) is 0 Å². The number of nitrogens with zero attached hydrogens (tertiary/aromatic N) is 2. The maximum atomic E-state index is 11.0. The van der Waals surface area contributed by atoms with Crippen molar-refractivity contribution in [3.63, 3.8) is 0 Å². The number of hydrogen-bond donors (Lipinski definition) is 2. The Hall–Kier alpha value is -1.75. The first kappa shape index (κ1) is 6.75. The van der Waals surface area contributed by atoms with Gasteiger partial charge in [-0.2, -0.15) is 0 Å². The number of hydrogen-bond acceptors (Lipinski definition) is 3. The van der Waals surface area contributed by atoms with E-state index in [0.29, 0.717) is 0 Å². The summed E-state index contributed by atoms with van der Waals surface area (Å²) in [5.41, 5.74) is 0.0571. The van der Waals surface area contributed by atoms with Gasteiger partial charge >= 0.3 is 6.09 Å². The first-order chi connectivity index (χ1) is 9.51. The van der Waals surface area contributed by atoms with Crippen LogP contribution in [0.5, 0.6) is 0 Å². The van der Waals surface area contributed by atoms with Gasteiger partial charge in [-0.05, 0) is 5.56 Å². The molecule has 0 aromatic heterocycles. The molecule has 16 heavy (non-hydrogen) atoms. The topological polar surface area (TPSA) is 73.1 Å². The fraction of sp³-hybridized carbons (Fsp3) is 0.200. The highest BCUT2D eigenvalue weighted by Crippen LogP contribution is 2.09. The van der Waals surface area contributed by atoms with Crippen LogP contribution in [0.25, 0.3) is 0 Å². The van der Waals surface area contributed by atoms with Gasteiger partial charge in [-0.1, -0.05) is 41.0 Å². The molecule has 1 rings (SSSR count). The molecule has 0 spiro atoms. The van der Waals surface area contributed by atoms with E-state index in [1.54, 1.807) is 0 Å². The average Bonchev–Trinajstić information content (AvgIpc) is 2.35. The Kier molecular flexibility index (Phi) is 2.26. The first-order valence-corrected chi connectivity index (χ1v) is 4.41. The Balaban J connectivity index is 3.26. The Morgan fingerprint density at radius 1 is 1.62 bits per heavy atom. The summed E-state index contributed by atoms with van der Waals surface area (Å²) in [7, 11) is 0. The third kappa shape index (κ3) is 3.13. The monoisotopic (exact) mass is 247 g/mol. The lowest BCUT2D eigenvalue weighted by Crippen LogP contribution is -2.23. The largest absolute Gasteiger partial charge is 0.465 e. The minimum absolute atomic E-state index is 0.202. The second kappa shape index (κ2) is 5.37. The predicted molar refractivity (Wildman–Crippen MR) is 60.1 cm³/mol. The SMILES string of the molecule is [2H]C([2H])([2H])N(C(=O)O)C([2H])([2H])c1ccc(C(Cl)=NO)cc1. The Labute approximate surface area is 105 Å². The summed E-state index contributed by atoms with van der Waals surface area (Å²) in [4.78, 5) is 10.8. The molecule has 0 heterocycles. The molecule has 0 saturated carbocycles. The molecule has 0 aliphatic rings. The number of oxime groups is 1. The molecule has 1 aromatic carbocycles. The van der Waals surface area contributed by atoms with Gasteiger partial charge in [-0.15, -0.1) is 0 Å². The van der Waals surface area contributed by atoms with E-state index < -0.39 is 19.6 Å². The van der Waals surface area contributed by atoms with Crippen molar-refractivity contribution in [2.45, 2.75) is 6.50 Å². The molecule has 0 bridgehead atoms. The van der Waals surface area contributed by atoms with Crippen LogP contribution in [0.4, 0.5) is 4.79 Å². The smallest absolute Gasteiger partial charge is 0.407 e. The van der Waals surface area contributed by atoms with Gasteiger partial charge in [-0.25, -0.2) is 4.79 Å². The van der Waals surface area contributed by atoms with Crippen molar-refractivity contribution in [3.05, 3.63) is 35.4 Å². The molecule has 0 aliphatic heterocycles. The van der Waals surface area contributed by atoms with Gasteiger partial charge in [-0.3, -0.25) is 0 Å². The Bertz CT molecular complexity index is 559. The van der Waals surface area contributed by atoms with Crippen LogP contribution in [-0.4, -0.2) is 33.5 Å². The lowest BCUT2D eigenvalue weighted by molar-refractivity contribution is 0.154. The molecule has 5 nitrogen and oxygen atoms in total. The number of benzene rings is 1. The maximum absolute atomic E-state index is 11.0. The van der Waals surface area contributed by atoms with E-state index in [1.165, 1.54) is 12.1 Å². The summed E-state index contributed by atoms with van der Waals surface area (Å²) in [6.45, 7) is -5.95. The van der Waals surface area contributed by atoms with Crippen LogP contribution in [0, 0.1) is 0 Å². The molecule has 0 radical (unpaired) electrons. The molecule has 0 fully saturated rings. The van der Waals surface area contributed by atoms with Crippen LogP contribution in [-0.2, 0) is 6.50 Å². The first-order valence-electron chi connectivity index (χ1n) is 6.53. The highest BCUT2D eigenvalue weighted by Gasteiger charge is 2.06. The third-order valence-corrected chi connectivity index (χ3v) is 1.94. The number of carboxylic acid groups (broad SMARTS) is 1. The highest BCUT2D eigenvalue weighted by molar-refractivity contribution is 6.69. The van der Waals surface area contributed by atoms with Crippen LogP contribution < -0.4 is 0 Å². The maximum Gasteiger partial charge on any atom is 0.407 e. The van der Waals surface area contributed by atoms with Crippen molar-refractivity contribution in [1.29, 1.82) is 0 Å². The molecule has 0 saturated heterocycles. The molecule has 1 amide bonds. The predicted octanol–water partition coefficient (Wildman–Crippen LogP) is 2.17. The summed E-state index contributed by atoms with van der Waals surface area (Å²) >= 11 is 5.55. The summed E-state index contributed by atoms with van der Waals surface area (Å²) in [5.74, 6) is 0. The van der Waals surface area contributed by atoms with Crippen molar-refractivity contribution >= 4 is 22.9 Å². The number of amides is 1. The number of carbonyl (C=O) groups is 1. The quantitative estimate of drug-likeness (QED) is 0.488. The van der Waals surface area contributed by atoms with E-state index in [4.69, 9.17) is 28.8 Å². The summed E-state index contributed by atoms with van der Waals surface area (Å²) in [5, 5.41) is 20.0. The number of rotatable bonds is 3. The Morgan fingerprint density at radius 2 is 2.25 bits per heavy atom. The zero-order chi connectivity index (χ0) is 16.4. The van der Waals surface area contributed by atoms with E-state index in [2.05, 4.69) is 5.16 Å². The second-order valence-electron chi connectivity index (χ2n) is 2.70. The fourth-order valence-electron chi connectivity index (χ4n) is 0.917. The molecule has 0 unspecified atom stereocenters. The lowest BCUT2D eigenvalue weighted by Gasteiger charge is -2.12. The normalized spacial score (nSPS) is 17.6. The van der Waals surface area contributed by atoms with Crippen molar-refractivity contribution in [2.75, 3.05) is 6.98 Å². The molecule has 2 N–H and O–H groups in total. The van der Waals surface area contributed by atoms with Crippen molar-refractivity contribution in [1.82, 2.24) is 4.90 Å². The van der Waals surface area contributed by atoms with Crippen LogP contribution in [0.3, 0.4) is 0 Å². The van der Waals surface area contributed by atoms with Crippen molar-refractivity contribution in [2.24, 2.45) is 5.16 Å². The summed E-state index contributed by atoms with van der Waals surface area (Å²) < 4.78 is 36.9. The van der Waals surface area contributed by atoms with E-state index in [9.17, 15) is 4.79 Å². The van der Waals surface area contributed by atoms with Crippen LogP contribution in [0.2, 0.25) is 0 Å². The second-order valence-corrected chi connectivity index (χ2v) is 3.06. The van der Waals surface area contributed by atoms with E-state index >= 15 is 0 Å². The van der Waals surface area contributed by atoms with Crippen molar-refractivity contribution < 1.29 is 22.0 Å². The van der Waals surface area contributed by atoms with Gasteiger partial charge in [0.1, 0.15) is 0 Å². The molecular formula is C10H11ClN2O3. The van der Waals surface area contributed by atoms with E-state index in [1.807, 2.05) is 0 Å².